The first-order valence-corrected chi connectivity index (χ1v) is 9.92. The van der Waals surface area contributed by atoms with E-state index < -0.39 is 11.8 Å². The maximum absolute atomic E-state index is 12.5. The fourth-order valence-corrected chi connectivity index (χ4v) is 4.22. The number of rotatable bonds is 4. The van der Waals surface area contributed by atoms with Crippen LogP contribution >= 0.6 is 0 Å². The van der Waals surface area contributed by atoms with E-state index in [4.69, 9.17) is 0 Å². The van der Waals surface area contributed by atoms with Gasteiger partial charge in [-0.25, -0.2) is 0 Å². The number of hydrogen-bond acceptors (Lipinski definition) is 3. The van der Waals surface area contributed by atoms with E-state index in [9.17, 15) is 14.4 Å². The van der Waals surface area contributed by atoms with Gasteiger partial charge in [0.05, 0.1) is 0 Å². The number of likely N-dealkylation sites (tertiary alicyclic amines) is 2. The van der Waals surface area contributed by atoms with Gasteiger partial charge in [0, 0.05) is 44.6 Å². The number of amides is 3. The van der Waals surface area contributed by atoms with Crippen LogP contribution in [0.3, 0.4) is 0 Å². The molecule has 1 aromatic carbocycles. The van der Waals surface area contributed by atoms with Crippen LogP contribution in [0.5, 0.6) is 0 Å². The monoisotopic (exact) mass is 371 g/mol. The van der Waals surface area contributed by atoms with E-state index in [0.717, 1.165) is 31.2 Å². The summed E-state index contributed by atoms with van der Waals surface area (Å²) in [5, 5.41) is 2.67. The van der Waals surface area contributed by atoms with Crippen molar-refractivity contribution in [1.29, 1.82) is 0 Å². The SMILES string of the molecule is CCCNC(=O)C(=O)N1CCC[C@@]2(CCC(=O)N(Cc3ccccc3)C2)C1. The quantitative estimate of drug-likeness (QED) is 0.823. The van der Waals surface area contributed by atoms with E-state index in [2.05, 4.69) is 5.32 Å². The number of nitrogens with zero attached hydrogens (tertiary/aromatic N) is 2. The van der Waals surface area contributed by atoms with Gasteiger partial charge in [0.2, 0.25) is 5.91 Å². The van der Waals surface area contributed by atoms with Crippen molar-refractivity contribution < 1.29 is 14.4 Å². The zero-order valence-corrected chi connectivity index (χ0v) is 16.1. The highest BCUT2D eigenvalue weighted by molar-refractivity contribution is 6.35. The minimum atomic E-state index is -0.512. The van der Waals surface area contributed by atoms with Crippen LogP contribution in [0.2, 0.25) is 0 Å². The second-order valence-electron chi connectivity index (χ2n) is 7.82. The molecule has 2 heterocycles. The lowest BCUT2D eigenvalue weighted by Crippen LogP contribution is -2.56. The van der Waals surface area contributed by atoms with Crippen LogP contribution < -0.4 is 5.32 Å². The maximum Gasteiger partial charge on any atom is 0.311 e. The first kappa shape index (κ1) is 19.4. The number of benzene rings is 1. The molecule has 1 N–H and O–H groups in total. The summed E-state index contributed by atoms with van der Waals surface area (Å²) in [5.74, 6) is -0.774. The number of nitrogens with one attached hydrogen (secondary N) is 1. The molecular weight excluding hydrogens is 342 g/mol. The van der Waals surface area contributed by atoms with E-state index in [1.54, 1.807) is 4.90 Å². The predicted molar refractivity (Wildman–Crippen MR) is 103 cm³/mol. The van der Waals surface area contributed by atoms with Crippen LogP contribution in [-0.2, 0) is 20.9 Å². The van der Waals surface area contributed by atoms with Crippen LogP contribution in [-0.4, -0.2) is 53.7 Å². The van der Waals surface area contributed by atoms with Gasteiger partial charge in [0.1, 0.15) is 0 Å². The normalized spacial score (nSPS) is 22.8. The van der Waals surface area contributed by atoms with Gasteiger partial charge < -0.3 is 15.1 Å². The minimum absolute atomic E-state index is 0.0956. The number of carbonyl (C=O) groups excluding carboxylic acids is 3. The lowest BCUT2D eigenvalue weighted by atomic mass is 9.73. The highest BCUT2D eigenvalue weighted by Gasteiger charge is 2.43. The molecule has 1 atom stereocenters. The van der Waals surface area contributed by atoms with Crippen LogP contribution in [0, 0.1) is 5.41 Å². The molecule has 0 saturated carbocycles. The molecular formula is C21H29N3O3. The van der Waals surface area contributed by atoms with Gasteiger partial charge in [0.25, 0.3) is 0 Å². The summed E-state index contributed by atoms with van der Waals surface area (Å²) in [4.78, 5) is 40.6. The molecule has 0 radical (unpaired) electrons. The topological polar surface area (TPSA) is 69.7 Å². The van der Waals surface area contributed by atoms with Gasteiger partial charge in [-0.3, -0.25) is 14.4 Å². The summed E-state index contributed by atoms with van der Waals surface area (Å²) in [6, 6.07) is 9.99. The summed E-state index contributed by atoms with van der Waals surface area (Å²) >= 11 is 0. The summed E-state index contributed by atoms with van der Waals surface area (Å²) < 4.78 is 0. The highest BCUT2D eigenvalue weighted by atomic mass is 16.2. The summed E-state index contributed by atoms with van der Waals surface area (Å²) in [6.07, 6.45) is 3.97. The second kappa shape index (κ2) is 8.55. The molecule has 0 bridgehead atoms. The molecule has 6 heteroatoms. The molecule has 1 spiro atoms. The molecule has 2 aliphatic rings. The predicted octanol–water partition coefficient (Wildman–Crippen LogP) is 1.94. The number of carbonyl (C=O) groups is 3. The molecule has 3 rings (SSSR count). The van der Waals surface area contributed by atoms with E-state index in [1.807, 2.05) is 42.2 Å². The van der Waals surface area contributed by atoms with Crippen molar-refractivity contribution in [1.82, 2.24) is 15.1 Å². The van der Waals surface area contributed by atoms with E-state index >= 15 is 0 Å². The van der Waals surface area contributed by atoms with Gasteiger partial charge in [-0.15, -0.1) is 0 Å². The van der Waals surface area contributed by atoms with Crippen molar-refractivity contribution in [2.75, 3.05) is 26.2 Å². The van der Waals surface area contributed by atoms with Crippen LogP contribution in [0.1, 0.15) is 44.6 Å². The van der Waals surface area contributed by atoms with Crippen molar-refractivity contribution in [2.45, 2.75) is 45.6 Å². The third-order valence-corrected chi connectivity index (χ3v) is 5.64. The molecule has 0 unspecified atom stereocenters. The molecule has 146 valence electrons. The molecule has 6 nitrogen and oxygen atoms in total. The Bertz CT molecular complexity index is 691. The van der Waals surface area contributed by atoms with Crippen molar-refractivity contribution in [3.8, 4) is 0 Å². The van der Waals surface area contributed by atoms with Crippen molar-refractivity contribution in [3.05, 3.63) is 35.9 Å². The van der Waals surface area contributed by atoms with E-state index in [1.165, 1.54) is 0 Å². The van der Waals surface area contributed by atoms with Crippen LogP contribution in [0.25, 0.3) is 0 Å². The summed E-state index contributed by atoms with van der Waals surface area (Å²) in [5.41, 5.74) is 1.02. The van der Waals surface area contributed by atoms with Gasteiger partial charge in [-0.1, -0.05) is 37.3 Å². The van der Waals surface area contributed by atoms with E-state index in [0.29, 0.717) is 39.1 Å². The third-order valence-electron chi connectivity index (χ3n) is 5.64. The highest BCUT2D eigenvalue weighted by Crippen LogP contribution is 2.39. The molecule has 2 saturated heterocycles. The molecule has 0 aliphatic carbocycles. The van der Waals surface area contributed by atoms with Crippen LogP contribution in [0.4, 0.5) is 0 Å². The molecule has 2 fully saturated rings. The zero-order chi connectivity index (χ0) is 19.3. The van der Waals surface area contributed by atoms with Gasteiger partial charge in [0.15, 0.2) is 0 Å². The molecule has 0 aromatic heterocycles. The smallest absolute Gasteiger partial charge is 0.311 e. The standard InChI is InChI=1S/C21H29N3O3/c1-2-12-22-19(26)20(27)23-13-6-10-21(15-23)11-9-18(25)24(16-21)14-17-7-4-3-5-8-17/h3-5,7-8H,2,6,9-16H2,1H3,(H,22,26)/t21-/m1/s1. The zero-order valence-electron chi connectivity index (χ0n) is 16.1. The fourth-order valence-electron chi connectivity index (χ4n) is 4.22. The van der Waals surface area contributed by atoms with Gasteiger partial charge in [-0.05, 0) is 31.2 Å². The fraction of sp³-hybridized carbons (Fsp3) is 0.571. The largest absolute Gasteiger partial charge is 0.348 e. The van der Waals surface area contributed by atoms with Gasteiger partial charge >= 0.3 is 11.8 Å². The second-order valence-corrected chi connectivity index (χ2v) is 7.82. The van der Waals surface area contributed by atoms with Crippen LogP contribution in [0.15, 0.2) is 30.3 Å². The Kier molecular flexibility index (Phi) is 6.14. The lowest BCUT2D eigenvalue weighted by Gasteiger charge is -2.48. The Morgan fingerprint density at radius 3 is 2.67 bits per heavy atom. The first-order chi connectivity index (χ1) is 13.0. The number of piperidine rings is 2. The Morgan fingerprint density at radius 2 is 1.93 bits per heavy atom. The maximum atomic E-state index is 12.5. The summed E-state index contributed by atoms with van der Waals surface area (Å²) in [6.45, 7) is 4.91. The molecule has 3 amide bonds. The van der Waals surface area contributed by atoms with Crippen molar-refractivity contribution in [2.24, 2.45) is 5.41 Å². The minimum Gasteiger partial charge on any atom is -0.348 e. The Balaban J connectivity index is 1.66. The Labute approximate surface area is 160 Å². The molecule has 2 aliphatic heterocycles. The van der Waals surface area contributed by atoms with Gasteiger partial charge in [-0.2, -0.15) is 0 Å². The molecule has 27 heavy (non-hydrogen) atoms. The van der Waals surface area contributed by atoms with E-state index in [-0.39, 0.29) is 11.3 Å². The third kappa shape index (κ3) is 4.67. The summed E-state index contributed by atoms with van der Waals surface area (Å²) in [7, 11) is 0. The Hall–Kier alpha value is -2.37. The first-order valence-electron chi connectivity index (χ1n) is 9.92. The molecule has 1 aromatic rings. The van der Waals surface area contributed by atoms with Crippen molar-refractivity contribution in [3.63, 3.8) is 0 Å². The van der Waals surface area contributed by atoms with Crippen molar-refractivity contribution >= 4 is 17.7 Å². The average molecular weight is 371 g/mol. The average Bonchev–Trinajstić information content (AvgIpc) is 2.69. The Morgan fingerprint density at radius 1 is 1.15 bits per heavy atom. The lowest BCUT2D eigenvalue weighted by molar-refractivity contribution is -0.151. The number of hydrogen-bond donors (Lipinski definition) is 1.